The predicted molar refractivity (Wildman–Crippen MR) is 95.8 cm³/mol. The molecule has 0 aliphatic heterocycles. The molecule has 1 aliphatic carbocycles. The summed E-state index contributed by atoms with van der Waals surface area (Å²) in [5, 5.41) is 3.79. The molecule has 1 fully saturated rings. The van der Waals surface area contributed by atoms with Gasteiger partial charge in [0.25, 0.3) is 0 Å². The summed E-state index contributed by atoms with van der Waals surface area (Å²) in [5.74, 6) is 0.579. The Hall–Kier alpha value is -0.540. The molecule has 0 aromatic heterocycles. The van der Waals surface area contributed by atoms with Crippen molar-refractivity contribution in [2.24, 2.45) is 17.1 Å². The maximum absolute atomic E-state index is 6.20. The van der Waals surface area contributed by atoms with Gasteiger partial charge in [-0.1, -0.05) is 36.7 Å². The van der Waals surface area contributed by atoms with E-state index in [4.69, 9.17) is 5.73 Å². The maximum atomic E-state index is 6.20. The quantitative estimate of drug-likeness (QED) is 0.801. The van der Waals surface area contributed by atoms with Crippen molar-refractivity contribution in [1.82, 2.24) is 0 Å². The number of hydrogen-bond acceptors (Lipinski definition) is 2. The Kier molecular flexibility index (Phi) is 4.75. The predicted octanol–water partition coefficient (Wildman–Crippen LogP) is 5.02. The third-order valence-electron chi connectivity index (χ3n) is 5.24. The van der Waals surface area contributed by atoms with E-state index in [-0.39, 0.29) is 5.54 Å². The molecule has 3 N–H and O–H groups in total. The normalized spacial score (nSPS) is 28.4. The fourth-order valence-electron chi connectivity index (χ4n) is 3.78. The molecule has 1 aliphatic rings. The number of aryl methyl sites for hydroxylation is 2. The van der Waals surface area contributed by atoms with E-state index in [1.807, 2.05) is 0 Å². The molecule has 118 valence electrons. The van der Waals surface area contributed by atoms with E-state index in [9.17, 15) is 0 Å². The van der Waals surface area contributed by atoms with Gasteiger partial charge >= 0.3 is 0 Å². The average Bonchev–Trinajstić information content (AvgIpc) is 2.39. The van der Waals surface area contributed by atoms with Crippen molar-refractivity contribution in [2.75, 3.05) is 11.9 Å². The molecule has 0 saturated heterocycles. The van der Waals surface area contributed by atoms with Crippen molar-refractivity contribution in [3.63, 3.8) is 0 Å². The molecule has 2 unspecified atom stereocenters. The van der Waals surface area contributed by atoms with E-state index in [1.54, 1.807) is 0 Å². The van der Waals surface area contributed by atoms with Gasteiger partial charge in [0.2, 0.25) is 0 Å². The van der Waals surface area contributed by atoms with Crippen molar-refractivity contribution in [2.45, 2.75) is 59.4 Å². The molecule has 21 heavy (non-hydrogen) atoms. The van der Waals surface area contributed by atoms with Gasteiger partial charge in [-0.2, -0.15) is 0 Å². The van der Waals surface area contributed by atoms with Crippen LogP contribution in [0.1, 0.15) is 51.2 Å². The Morgan fingerprint density at radius 1 is 1.24 bits per heavy atom. The topological polar surface area (TPSA) is 38.0 Å². The number of halogens is 1. The first-order valence-corrected chi connectivity index (χ1v) is 8.73. The Balaban J connectivity index is 2.27. The minimum Gasteiger partial charge on any atom is -0.378 e. The number of nitrogens with two attached hydrogens (primary N) is 1. The number of hydrogen-bond donors (Lipinski definition) is 2. The van der Waals surface area contributed by atoms with Gasteiger partial charge in [0.15, 0.2) is 0 Å². The first-order chi connectivity index (χ1) is 9.69. The summed E-state index contributed by atoms with van der Waals surface area (Å²) in [6.07, 6.45) is 3.60. The van der Waals surface area contributed by atoms with Crippen LogP contribution in [0.2, 0.25) is 0 Å². The lowest BCUT2D eigenvalue weighted by atomic mass is 9.63. The molecule has 0 amide bonds. The number of benzene rings is 1. The summed E-state index contributed by atoms with van der Waals surface area (Å²) < 4.78 is 1.20. The van der Waals surface area contributed by atoms with E-state index in [0.29, 0.717) is 17.9 Å². The highest BCUT2D eigenvalue weighted by atomic mass is 79.9. The summed E-state index contributed by atoms with van der Waals surface area (Å²) in [7, 11) is 0. The molecule has 3 heteroatoms. The van der Waals surface area contributed by atoms with Gasteiger partial charge in [-0.25, -0.2) is 0 Å². The third-order valence-corrected chi connectivity index (χ3v) is 6.49. The van der Waals surface area contributed by atoms with E-state index < -0.39 is 0 Å². The molecule has 0 radical (unpaired) electrons. The van der Waals surface area contributed by atoms with Gasteiger partial charge in [0.05, 0.1) is 5.54 Å². The molecule has 1 aromatic rings. The van der Waals surface area contributed by atoms with Gasteiger partial charge in [-0.3, -0.25) is 0 Å². The summed E-state index contributed by atoms with van der Waals surface area (Å²) in [4.78, 5) is 0. The lowest BCUT2D eigenvalue weighted by molar-refractivity contribution is 0.120. The first-order valence-electron chi connectivity index (χ1n) is 7.94. The van der Waals surface area contributed by atoms with Crippen LogP contribution in [0.15, 0.2) is 16.6 Å². The van der Waals surface area contributed by atoms with E-state index in [0.717, 1.165) is 6.42 Å². The fourth-order valence-corrected chi connectivity index (χ4v) is 4.01. The minimum absolute atomic E-state index is 0.0300. The molecule has 2 nitrogen and oxygen atoms in total. The van der Waals surface area contributed by atoms with Crippen molar-refractivity contribution in [1.29, 1.82) is 0 Å². The van der Waals surface area contributed by atoms with E-state index >= 15 is 0 Å². The molecule has 0 bridgehead atoms. The summed E-state index contributed by atoms with van der Waals surface area (Å²) in [6.45, 7) is 12.1. The Morgan fingerprint density at radius 3 is 2.29 bits per heavy atom. The SMILES string of the molecule is Cc1cc(NC2(CN)CCC(C)(C)CC2C)cc(C)c1Br. The van der Waals surface area contributed by atoms with Crippen molar-refractivity contribution < 1.29 is 0 Å². The van der Waals surface area contributed by atoms with Gasteiger partial charge in [0.1, 0.15) is 0 Å². The van der Waals surface area contributed by atoms with Gasteiger partial charge in [0, 0.05) is 16.7 Å². The molecule has 0 heterocycles. The van der Waals surface area contributed by atoms with E-state index in [1.165, 1.54) is 34.1 Å². The lowest BCUT2D eigenvalue weighted by Gasteiger charge is -2.49. The monoisotopic (exact) mass is 352 g/mol. The van der Waals surface area contributed by atoms with Crippen molar-refractivity contribution in [3.8, 4) is 0 Å². The van der Waals surface area contributed by atoms with Crippen LogP contribution in [0.3, 0.4) is 0 Å². The summed E-state index contributed by atoms with van der Waals surface area (Å²) in [5.41, 5.74) is 10.4. The van der Waals surface area contributed by atoms with E-state index in [2.05, 4.69) is 68.0 Å². The van der Waals surface area contributed by atoms with Crippen molar-refractivity contribution in [3.05, 3.63) is 27.7 Å². The highest BCUT2D eigenvalue weighted by molar-refractivity contribution is 9.10. The van der Waals surface area contributed by atoms with Gasteiger partial charge < -0.3 is 11.1 Å². The molecular formula is C18H29BrN2. The zero-order valence-corrected chi connectivity index (χ0v) is 15.6. The summed E-state index contributed by atoms with van der Waals surface area (Å²) in [6, 6.07) is 4.45. The number of rotatable bonds is 3. The average molecular weight is 353 g/mol. The van der Waals surface area contributed by atoms with Crippen LogP contribution in [-0.2, 0) is 0 Å². The Bertz CT molecular complexity index is 501. The minimum atomic E-state index is 0.0300. The smallest absolute Gasteiger partial charge is 0.0521 e. The second kappa shape index (κ2) is 5.92. The van der Waals surface area contributed by atoms with Crippen LogP contribution in [0.5, 0.6) is 0 Å². The van der Waals surface area contributed by atoms with Crippen LogP contribution in [0.25, 0.3) is 0 Å². The Morgan fingerprint density at radius 2 is 1.81 bits per heavy atom. The Labute approximate surface area is 138 Å². The maximum Gasteiger partial charge on any atom is 0.0521 e. The van der Waals surface area contributed by atoms with Crippen molar-refractivity contribution >= 4 is 21.6 Å². The molecule has 2 atom stereocenters. The molecule has 1 aromatic carbocycles. The van der Waals surface area contributed by atoms with Gasteiger partial charge in [-0.05, 0) is 67.7 Å². The lowest BCUT2D eigenvalue weighted by Crippen LogP contribution is -2.55. The third kappa shape index (κ3) is 3.45. The zero-order valence-electron chi connectivity index (χ0n) is 14.0. The number of nitrogens with one attached hydrogen (secondary N) is 1. The first kappa shape index (κ1) is 16.8. The van der Waals surface area contributed by atoms with Crippen LogP contribution in [0.4, 0.5) is 5.69 Å². The molecule has 1 saturated carbocycles. The van der Waals surface area contributed by atoms with Crippen LogP contribution in [-0.4, -0.2) is 12.1 Å². The van der Waals surface area contributed by atoms with Crippen LogP contribution >= 0.6 is 15.9 Å². The second-order valence-corrected chi connectivity index (χ2v) is 8.47. The highest BCUT2D eigenvalue weighted by Gasteiger charge is 2.42. The second-order valence-electron chi connectivity index (χ2n) is 7.68. The fraction of sp³-hybridized carbons (Fsp3) is 0.667. The highest BCUT2D eigenvalue weighted by Crippen LogP contribution is 2.45. The van der Waals surface area contributed by atoms with Crippen LogP contribution in [0, 0.1) is 25.2 Å². The zero-order chi connectivity index (χ0) is 15.8. The molecular weight excluding hydrogens is 324 g/mol. The standard InChI is InChI=1S/C18H29BrN2/c1-12-8-15(9-13(2)16(12)19)21-18(11-20)7-6-17(4,5)10-14(18)3/h8-9,14,21H,6-7,10-11,20H2,1-5H3. The molecule has 0 spiro atoms. The largest absolute Gasteiger partial charge is 0.378 e. The molecule has 2 rings (SSSR count). The van der Waals surface area contributed by atoms with Crippen LogP contribution < -0.4 is 11.1 Å². The van der Waals surface area contributed by atoms with Gasteiger partial charge in [-0.15, -0.1) is 0 Å². The number of anilines is 1. The summed E-state index contributed by atoms with van der Waals surface area (Å²) >= 11 is 3.64.